The minimum Gasteiger partial charge on any atom is -0.364 e. The van der Waals surface area contributed by atoms with Gasteiger partial charge in [-0.3, -0.25) is 9.78 Å². The first-order chi connectivity index (χ1) is 11.8. The molecule has 0 aliphatic carbocycles. The van der Waals surface area contributed by atoms with Gasteiger partial charge < -0.3 is 5.73 Å². The Bertz CT molecular complexity index is 973. The number of primary amides is 1. The molecule has 1 radical (unpaired) electrons. The summed E-state index contributed by atoms with van der Waals surface area (Å²) in [6.07, 6.45) is -3.13. The van der Waals surface area contributed by atoms with Crippen LogP contribution in [0.2, 0.25) is 5.02 Å². The Balaban J connectivity index is 2.34. The SMILES string of the molecule is NC(=O)c1ncccc1-c1nc2c(Cl)cccc2cc1[CH]C(F)(F)F. The number of nitrogens with zero attached hydrogens (tertiary/aromatic N) is 2. The van der Waals surface area contributed by atoms with Gasteiger partial charge in [-0.1, -0.05) is 23.7 Å². The van der Waals surface area contributed by atoms with Gasteiger partial charge in [0.2, 0.25) is 0 Å². The van der Waals surface area contributed by atoms with Gasteiger partial charge in [-0.05, 0) is 29.8 Å². The zero-order valence-electron chi connectivity index (χ0n) is 12.5. The highest BCUT2D eigenvalue weighted by molar-refractivity contribution is 6.35. The molecular weight excluding hydrogens is 355 g/mol. The summed E-state index contributed by atoms with van der Waals surface area (Å²) >= 11 is 6.10. The number of nitrogens with two attached hydrogens (primary N) is 1. The van der Waals surface area contributed by atoms with E-state index < -0.39 is 12.1 Å². The highest BCUT2D eigenvalue weighted by atomic mass is 35.5. The third-order valence-electron chi connectivity index (χ3n) is 3.44. The van der Waals surface area contributed by atoms with Crippen molar-refractivity contribution < 1.29 is 18.0 Å². The molecule has 0 saturated heterocycles. The van der Waals surface area contributed by atoms with Crippen LogP contribution in [0.3, 0.4) is 0 Å². The van der Waals surface area contributed by atoms with E-state index in [1.165, 1.54) is 24.4 Å². The van der Waals surface area contributed by atoms with Crippen molar-refractivity contribution in [2.45, 2.75) is 6.18 Å². The number of rotatable bonds is 3. The van der Waals surface area contributed by atoms with Gasteiger partial charge in [-0.15, -0.1) is 0 Å². The van der Waals surface area contributed by atoms with E-state index in [9.17, 15) is 18.0 Å². The lowest BCUT2D eigenvalue weighted by atomic mass is 9.99. The smallest absolute Gasteiger partial charge is 0.364 e. The first-order valence-electron chi connectivity index (χ1n) is 7.03. The molecule has 8 heteroatoms. The maximum absolute atomic E-state index is 13.0. The van der Waals surface area contributed by atoms with E-state index in [1.54, 1.807) is 18.2 Å². The fraction of sp³-hybridized carbons (Fsp3) is 0.0588. The van der Waals surface area contributed by atoms with Crippen LogP contribution in [0.15, 0.2) is 42.6 Å². The number of hydrogen-bond acceptors (Lipinski definition) is 3. The molecule has 0 bridgehead atoms. The molecule has 0 fully saturated rings. The van der Waals surface area contributed by atoms with Gasteiger partial charge in [0.15, 0.2) is 0 Å². The van der Waals surface area contributed by atoms with E-state index in [1.807, 2.05) is 0 Å². The normalized spacial score (nSPS) is 11.7. The van der Waals surface area contributed by atoms with Crippen LogP contribution in [-0.2, 0) is 0 Å². The molecule has 0 unspecified atom stereocenters. The second-order valence-electron chi connectivity index (χ2n) is 5.19. The molecule has 0 saturated carbocycles. The van der Waals surface area contributed by atoms with Crippen LogP contribution in [0.1, 0.15) is 16.1 Å². The van der Waals surface area contributed by atoms with Crippen LogP contribution < -0.4 is 5.73 Å². The number of amides is 1. The fourth-order valence-corrected chi connectivity index (χ4v) is 2.70. The third kappa shape index (κ3) is 3.56. The van der Waals surface area contributed by atoms with E-state index in [0.29, 0.717) is 10.9 Å². The number of halogens is 4. The first-order valence-corrected chi connectivity index (χ1v) is 7.41. The molecular formula is C17H10ClF3N3O. The first kappa shape index (κ1) is 17.2. The zero-order chi connectivity index (χ0) is 18.2. The van der Waals surface area contributed by atoms with Crippen molar-refractivity contribution in [1.82, 2.24) is 9.97 Å². The second kappa shape index (κ2) is 6.33. The van der Waals surface area contributed by atoms with Gasteiger partial charge in [-0.25, -0.2) is 4.98 Å². The zero-order valence-corrected chi connectivity index (χ0v) is 13.3. The molecule has 3 aromatic rings. The Kier molecular flexibility index (Phi) is 4.34. The number of pyridine rings is 2. The van der Waals surface area contributed by atoms with Gasteiger partial charge >= 0.3 is 6.18 Å². The van der Waals surface area contributed by atoms with Crippen molar-refractivity contribution in [3.8, 4) is 11.3 Å². The van der Waals surface area contributed by atoms with Crippen molar-refractivity contribution in [1.29, 1.82) is 0 Å². The summed E-state index contributed by atoms with van der Waals surface area (Å²) in [7, 11) is 0. The topological polar surface area (TPSA) is 68.9 Å². The monoisotopic (exact) mass is 364 g/mol. The van der Waals surface area contributed by atoms with Crippen LogP contribution in [0.4, 0.5) is 13.2 Å². The molecule has 2 N–H and O–H groups in total. The predicted molar refractivity (Wildman–Crippen MR) is 88.0 cm³/mol. The third-order valence-corrected chi connectivity index (χ3v) is 3.75. The summed E-state index contributed by atoms with van der Waals surface area (Å²) in [6, 6.07) is 9.02. The van der Waals surface area contributed by atoms with E-state index in [4.69, 9.17) is 17.3 Å². The molecule has 1 aromatic carbocycles. The van der Waals surface area contributed by atoms with Gasteiger partial charge in [-0.2, -0.15) is 13.2 Å². The Morgan fingerprint density at radius 2 is 1.96 bits per heavy atom. The molecule has 25 heavy (non-hydrogen) atoms. The van der Waals surface area contributed by atoms with Crippen LogP contribution >= 0.6 is 11.6 Å². The Hall–Kier alpha value is -2.67. The average molecular weight is 365 g/mol. The molecule has 0 atom stereocenters. The highest BCUT2D eigenvalue weighted by Gasteiger charge is 2.31. The van der Waals surface area contributed by atoms with Gasteiger partial charge in [0.1, 0.15) is 5.69 Å². The molecule has 4 nitrogen and oxygen atoms in total. The maximum Gasteiger partial charge on any atom is 0.396 e. The molecule has 0 aliphatic heterocycles. The summed E-state index contributed by atoms with van der Waals surface area (Å²) in [5.41, 5.74) is 5.26. The van der Waals surface area contributed by atoms with Crippen molar-refractivity contribution in [2.75, 3.05) is 0 Å². The summed E-state index contributed by atoms with van der Waals surface area (Å²) in [5, 5.41) is 0.720. The van der Waals surface area contributed by atoms with Crippen molar-refractivity contribution >= 4 is 28.4 Å². The van der Waals surface area contributed by atoms with E-state index >= 15 is 0 Å². The van der Waals surface area contributed by atoms with Crippen LogP contribution in [0.5, 0.6) is 0 Å². The molecule has 3 rings (SSSR count). The van der Waals surface area contributed by atoms with Crippen LogP contribution in [0, 0.1) is 6.42 Å². The van der Waals surface area contributed by atoms with Crippen molar-refractivity contribution in [3.05, 3.63) is 65.3 Å². The number of carbonyl (C=O) groups excluding carboxylic acids is 1. The quantitative estimate of drug-likeness (QED) is 0.758. The largest absolute Gasteiger partial charge is 0.396 e. The lowest BCUT2D eigenvalue weighted by Gasteiger charge is -2.14. The number of para-hydroxylation sites is 1. The van der Waals surface area contributed by atoms with Gasteiger partial charge in [0.05, 0.1) is 22.7 Å². The van der Waals surface area contributed by atoms with Crippen LogP contribution in [-0.4, -0.2) is 22.1 Å². The number of alkyl halides is 3. The lowest BCUT2D eigenvalue weighted by Crippen LogP contribution is -2.16. The van der Waals surface area contributed by atoms with E-state index in [2.05, 4.69) is 9.97 Å². The number of benzene rings is 1. The average Bonchev–Trinajstić information content (AvgIpc) is 2.53. The van der Waals surface area contributed by atoms with E-state index in [-0.39, 0.29) is 34.0 Å². The minimum absolute atomic E-state index is 0.0696. The van der Waals surface area contributed by atoms with Gasteiger partial charge in [0, 0.05) is 17.1 Å². The summed E-state index contributed by atoms with van der Waals surface area (Å²) < 4.78 is 38.9. The van der Waals surface area contributed by atoms with E-state index in [0.717, 1.165) is 0 Å². The lowest BCUT2D eigenvalue weighted by molar-refractivity contribution is -0.0927. The molecule has 2 aromatic heterocycles. The van der Waals surface area contributed by atoms with Gasteiger partial charge in [0.25, 0.3) is 5.91 Å². The number of carbonyl (C=O) groups is 1. The molecule has 0 aliphatic rings. The minimum atomic E-state index is -4.57. The molecule has 0 spiro atoms. The summed E-state index contributed by atoms with van der Waals surface area (Å²) in [6.45, 7) is 0. The standard InChI is InChI=1S/C17H10ClF3N3O/c18-12-5-1-3-9-7-10(8-17(19,20)21)13(24-14(9)12)11-4-2-6-23-15(11)16(22)25/h1-8H,(H2,22,25). The second-order valence-corrected chi connectivity index (χ2v) is 5.59. The number of hydrogen-bond donors (Lipinski definition) is 1. The van der Waals surface area contributed by atoms with Crippen LogP contribution in [0.25, 0.3) is 22.2 Å². The molecule has 1 amide bonds. The molecule has 127 valence electrons. The Labute approximate surface area is 145 Å². The van der Waals surface area contributed by atoms with Crippen molar-refractivity contribution in [3.63, 3.8) is 0 Å². The number of aromatic nitrogens is 2. The highest BCUT2D eigenvalue weighted by Crippen LogP contribution is 2.34. The molecule has 2 heterocycles. The summed E-state index contributed by atoms with van der Waals surface area (Å²) in [5.74, 6) is -0.866. The Morgan fingerprint density at radius 3 is 2.64 bits per heavy atom. The maximum atomic E-state index is 13.0. The number of fused-ring (bicyclic) bond motifs is 1. The summed E-state index contributed by atoms with van der Waals surface area (Å²) in [4.78, 5) is 19.7. The Morgan fingerprint density at radius 1 is 1.20 bits per heavy atom. The van der Waals surface area contributed by atoms with Crippen molar-refractivity contribution in [2.24, 2.45) is 5.73 Å². The predicted octanol–water partition coefficient (Wildman–Crippen LogP) is 4.16. The fourth-order valence-electron chi connectivity index (χ4n) is 2.47.